The second-order valence-electron chi connectivity index (χ2n) is 5.71. The number of para-hydroxylation sites is 2. The first kappa shape index (κ1) is 15.1. The van der Waals surface area contributed by atoms with Crippen molar-refractivity contribution in [1.82, 2.24) is 0 Å². The predicted molar refractivity (Wildman–Crippen MR) is 96.0 cm³/mol. The standard InChI is InChI=1S/C21H15NO3/c1-25-19-13-7-5-9-15(19)14-8-4-6-12-18(14)22-20(23)16-10-2-3-11-17(16)21(22)24/h2-13H,1H3. The SMILES string of the molecule is COc1ccccc1-c1ccccc1N1C(=O)c2ccccc2C1=O. The van der Waals surface area contributed by atoms with Gasteiger partial charge in [0.2, 0.25) is 0 Å². The lowest BCUT2D eigenvalue weighted by atomic mass is 10.0. The van der Waals surface area contributed by atoms with E-state index in [9.17, 15) is 9.59 Å². The molecule has 0 saturated heterocycles. The molecule has 4 nitrogen and oxygen atoms in total. The van der Waals surface area contributed by atoms with Crippen LogP contribution in [0.5, 0.6) is 5.75 Å². The minimum Gasteiger partial charge on any atom is -0.496 e. The number of nitrogens with zero attached hydrogens (tertiary/aromatic N) is 1. The molecule has 1 heterocycles. The normalized spacial score (nSPS) is 13.1. The zero-order valence-electron chi connectivity index (χ0n) is 13.6. The van der Waals surface area contributed by atoms with Crippen molar-refractivity contribution in [2.45, 2.75) is 0 Å². The Kier molecular flexibility index (Phi) is 3.58. The van der Waals surface area contributed by atoms with E-state index >= 15 is 0 Å². The molecule has 2 amide bonds. The predicted octanol–water partition coefficient (Wildman–Crippen LogP) is 4.16. The fourth-order valence-corrected chi connectivity index (χ4v) is 3.17. The van der Waals surface area contributed by atoms with E-state index in [0.29, 0.717) is 22.6 Å². The Morgan fingerprint density at radius 1 is 0.640 bits per heavy atom. The van der Waals surface area contributed by atoms with Crippen molar-refractivity contribution in [3.05, 3.63) is 83.9 Å². The van der Waals surface area contributed by atoms with E-state index in [2.05, 4.69) is 0 Å². The van der Waals surface area contributed by atoms with Crippen LogP contribution in [0.25, 0.3) is 11.1 Å². The highest BCUT2D eigenvalue weighted by Gasteiger charge is 2.37. The molecule has 0 unspecified atom stereocenters. The molecule has 4 rings (SSSR count). The van der Waals surface area contributed by atoms with E-state index in [1.165, 1.54) is 4.90 Å². The summed E-state index contributed by atoms with van der Waals surface area (Å²) in [7, 11) is 1.60. The summed E-state index contributed by atoms with van der Waals surface area (Å²) in [5, 5.41) is 0. The van der Waals surface area contributed by atoms with Crippen LogP contribution in [0.1, 0.15) is 20.7 Å². The van der Waals surface area contributed by atoms with Gasteiger partial charge in [0.15, 0.2) is 0 Å². The van der Waals surface area contributed by atoms with Gasteiger partial charge in [-0.05, 0) is 24.3 Å². The molecule has 0 fully saturated rings. The molecule has 4 heteroatoms. The summed E-state index contributed by atoms with van der Waals surface area (Å²) in [5.41, 5.74) is 3.02. The van der Waals surface area contributed by atoms with Crippen molar-refractivity contribution in [3.8, 4) is 16.9 Å². The Bertz CT molecular complexity index is 959. The molecule has 0 aromatic heterocycles. The lowest BCUT2D eigenvalue weighted by molar-refractivity contribution is 0.0926. The van der Waals surface area contributed by atoms with Crippen LogP contribution in [0.4, 0.5) is 5.69 Å². The summed E-state index contributed by atoms with van der Waals surface area (Å²) in [6, 6.07) is 21.8. The van der Waals surface area contributed by atoms with Crippen LogP contribution in [0, 0.1) is 0 Å². The first-order valence-electron chi connectivity index (χ1n) is 7.92. The van der Waals surface area contributed by atoms with Crippen molar-refractivity contribution in [2.24, 2.45) is 0 Å². The molecular weight excluding hydrogens is 314 g/mol. The zero-order chi connectivity index (χ0) is 17.4. The van der Waals surface area contributed by atoms with Crippen LogP contribution in [0.2, 0.25) is 0 Å². The highest BCUT2D eigenvalue weighted by atomic mass is 16.5. The summed E-state index contributed by atoms with van der Waals surface area (Å²) >= 11 is 0. The molecule has 0 bridgehead atoms. The molecule has 0 N–H and O–H groups in total. The van der Waals surface area contributed by atoms with E-state index in [0.717, 1.165) is 11.1 Å². The number of ether oxygens (including phenoxy) is 1. The molecule has 25 heavy (non-hydrogen) atoms. The van der Waals surface area contributed by atoms with Crippen LogP contribution < -0.4 is 9.64 Å². The molecule has 0 spiro atoms. The van der Waals surface area contributed by atoms with Gasteiger partial charge in [-0.25, -0.2) is 4.90 Å². The number of hydrogen-bond donors (Lipinski definition) is 0. The Balaban J connectivity index is 1.89. The minimum absolute atomic E-state index is 0.303. The lowest BCUT2D eigenvalue weighted by Gasteiger charge is -2.19. The molecule has 0 aliphatic carbocycles. The molecule has 122 valence electrons. The quantitative estimate of drug-likeness (QED) is 0.678. The maximum atomic E-state index is 12.8. The van der Waals surface area contributed by atoms with Gasteiger partial charge in [-0.1, -0.05) is 48.5 Å². The van der Waals surface area contributed by atoms with E-state index in [1.54, 1.807) is 37.4 Å². The molecule has 3 aromatic carbocycles. The van der Waals surface area contributed by atoms with Crippen LogP contribution in [-0.2, 0) is 0 Å². The number of amides is 2. The number of imide groups is 1. The fraction of sp³-hybridized carbons (Fsp3) is 0.0476. The number of benzene rings is 3. The van der Waals surface area contributed by atoms with E-state index in [4.69, 9.17) is 4.74 Å². The number of fused-ring (bicyclic) bond motifs is 1. The van der Waals surface area contributed by atoms with E-state index < -0.39 is 0 Å². The van der Waals surface area contributed by atoms with Gasteiger partial charge in [0.05, 0.1) is 23.9 Å². The van der Waals surface area contributed by atoms with Crippen molar-refractivity contribution >= 4 is 17.5 Å². The van der Waals surface area contributed by atoms with Crippen molar-refractivity contribution in [2.75, 3.05) is 12.0 Å². The average molecular weight is 329 g/mol. The molecule has 0 saturated carbocycles. The Morgan fingerprint density at radius 2 is 1.12 bits per heavy atom. The molecular formula is C21H15NO3. The van der Waals surface area contributed by atoms with Crippen LogP contribution >= 0.6 is 0 Å². The number of carbonyl (C=O) groups excluding carboxylic acids is 2. The molecule has 0 atom stereocenters. The third-order valence-electron chi connectivity index (χ3n) is 4.34. The summed E-state index contributed by atoms with van der Waals surface area (Å²) in [5.74, 6) is 0.0810. The first-order valence-corrected chi connectivity index (χ1v) is 7.92. The Labute approximate surface area is 145 Å². The molecule has 0 radical (unpaired) electrons. The maximum absolute atomic E-state index is 12.8. The van der Waals surface area contributed by atoms with E-state index in [-0.39, 0.29) is 11.8 Å². The van der Waals surface area contributed by atoms with Crippen molar-refractivity contribution in [3.63, 3.8) is 0 Å². The lowest BCUT2D eigenvalue weighted by Crippen LogP contribution is -2.29. The zero-order valence-corrected chi connectivity index (χ0v) is 13.6. The number of anilines is 1. The Morgan fingerprint density at radius 3 is 1.72 bits per heavy atom. The summed E-state index contributed by atoms with van der Waals surface area (Å²) in [6.45, 7) is 0. The maximum Gasteiger partial charge on any atom is 0.266 e. The highest BCUT2D eigenvalue weighted by Crippen LogP contribution is 2.39. The van der Waals surface area contributed by atoms with Gasteiger partial charge in [-0.2, -0.15) is 0 Å². The smallest absolute Gasteiger partial charge is 0.266 e. The molecule has 3 aromatic rings. The molecule has 1 aliphatic rings. The van der Waals surface area contributed by atoms with Gasteiger partial charge in [-0.3, -0.25) is 9.59 Å². The second-order valence-corrected chi connectivity index (χ2v) is 5.71. The van der Waals surface area contributed by atoms with Gasteiger partial charge in [0, 0.05) is 11.1 Å². The van der Waals surface area contributed by atoms with Gasteiger partial charge in [0.1, 0.15) is 5.75 Å². The van der Waals surface area contributed by atoms with Crippen LogP contribution in [0.15, 0.2) is 72.8 Å². The van der Waals surface area contributed by atoms with Crippen LogP contribution in [-0.4, -0.2) is 18.9 Å². The Hall–Kier alpha value is -3.40. The second kappa shape index (κ2) is 5.91. The number of methoxy groups -OCH3 is 1. The largest absolute Gasteiger partial charge is 0.496 e. The van der Waals surface area contributed by atoms with Gasteiger partial charge in [0.25, 0.3) is 11.8 Å². The number of rotatable bonds is 3. The van der Waals surface area contributed by atoms with Crippen LogP contribution in [0.3, 0.4) is 0 Å². The van der Waals surface area contributed by atoms with E-state index in [1.807, 2.05) is 42.5 Å². The van der Waals surface area contributed by atoms with Gasteiger partial charge in [-0.15, -0.1) is 0 Å². The van der Waals surface area contributed by atoms with Gasteiger partial charge < -0.3 is 4.74 Å². The first-order chi connectivity index (χ1) is 12.2. The summed E-state index contributed by atoms with van der Waals surface area (Å²) in [4.78, 5) is 26.9. The number of carbonyl (C=O) groups is 2. The van der Waals surface area contributed by atoms with Crippen molar-refractivity contribution in [1.29, 1.82) is 0 Å². The average Bonchev–Trinajstić information content (AvgIpc) is 2.93. The third kappa shape index (κ3) is 2.31. The topological polar surface area (TPSA) is 46.6 Å². The monoisotopic (exact) mass is 329 g/mol. The van der Waals surface area contributed by atoms with Gasteiger partial charge >= 0.3 is 0 Å². The molecule has 1 aliphatic heterocycles. The summed E-state index contributed by atoms with van der Waals surface area (Å²) < 4.78 is 5.44. The fourth-order valence-electron chi connectivity index (χ4n) is 3.17. The third-order valence-corrected chi connectivity index (χ3v) is 4.34. The summed E-state index contributed by atoms with van der Waals surface area (Å²) in [6.07, 6.45) is 0. The minimum atomic E-state index is -0.303. The number of hydrogen-bond acceptors (Lipinski definition) is 3. The highest BCUT2D eigenvalue weighted by molar-refractivity contribution is 6.35. The van der Waals surface area contributed by atoms with Crippen molar-refractivity contribution < 1.29 is 14.3 Å².